The van der Waals surface area contributed by atoms with Crippen molar-refractivity contribution >= 4 is 11.9 Å². The van der Waals surface area contributed by atoms with Crippen molar-refractivity contribution in [1.29, 1.82) is 0 Å². The Morgan fingerprint density at radius 2 is 1.60 bits per heavy atom. The fraction of sp³-hybridized carbons (Fsp3) is 0.867. The third kappa shape index (κ3) is 4.39. The van der Waals surface area contributed by atoms with Gasteiger partial charge in [-0.15, -0.1) is 0 Å². The Morgan fingerprint density at radius 3 is 2.20 bits per heavy atom. The van der Waals surface area contributed by atoms with E-state index in [0.717, 1.165) is 18.9 Å². The van der Waals surface area contributed by atoms with Gasteiger partial charge in [-0.3, -0.25) is 4.79 Å². The van der Waals surface area contributed by atoms with Crippen molar-refractivity contribution in [2.75, 3.05) is 32.7 Å². The molecule has 1 saturated heterocycles. The van der Waals surface area contributed by atoms with Gasteiger partial charge in [0, 0.05) is 39.6 Å². The number of hydrogen-bond acceptors (Lipinski definition) is 2. The first-order valence-corrected chi connectivity index (χ1v) is 7.95. The van der Waals surface area contributed by atoms with Gasteiger partial charge >= 0.3 is 6.03 Å². The van der Waals surface area contributed by atoms with Crippen molar-refractivity contribution in [1.82, 2.24) is 15.1 Å². The molecule has 3 amide bonds. The predicted octanol–water partition coefficient (Wildman–Crippen LogP) is 1.83. The number of urea groups is 1. The van der Waals surface area contributed by atoms with Crippen LogP contribution in [0.1, 0.15) is 45.4 Å². The lowest BCUT2D eigenvalue weighted by Crippen LogP contribution is -2.52. The van der Waals surface area contributed by atoms with Crippen molar-refractivity contribution in [2.24, 2.45) is 5.92 Å². The van der Waals surface area contributed by atoms with Gasteiger partial charge < -0.3 is 15.1 Å². The van der Waals surface area contributed by atoms with E-state index in [1.54, 1.807) is 11.8 Å². The van der Waals surface area contributed by atoms with E-state index in [0.29, 0.717) is 26.2 Å². The molecule has 0 aromatic rings. The number of amides is 3. The molecule has 20 heavy (non-hydrogen) atoms. The Morgan fingerprint density at radius 1 is 1.00 bits per heavy atom. The number of nitrogens with one attached hydrogen (secondary N) is 1. The van der Waals surface area contributed by atoms with E-state index in [1.807, 2.05) is 4.90 Å². The summed E-state index contributed by atoms with van der Waals surface area (Å²) in [7, 11) is 0. The Labute approximate surface area is 121 Å². The minimum Gasteiger partial charge on any atom is -0.339 e. The molecular weight excluding hydrogens is 254 g/mol. The lowest BCUT2D eigenvalue weighted by atomic mass is 9.87. The van der Waals surface area contributed by atoms with Crippen LogP contribution in [0.25, 0.3) is 0 Å². The Kier molecular flexibility index (Phi) is 5.68. The third-order valence-electron chi connectivity index (χ3n) is 4.57. The number of rotatable bonds is 3. The largest absolute Gasteiger partial charge is 0.339 e. The molecule has 0 bridgehead atoms. The van der Waals surface area contributed by atoms with Crippen LogP contribution in [0.4, 0.5) is 4.79 Å². The van der Waals surface area contributed by atoms with Gasteiger partial charge in [0.05, 0.1) is 0 Å². The molecule has 0 atom stereocenters. The van der Waals surface area contributed by atoms with Crippen LogP contribution in [0.5, 0.6) is 0 Å². The van der Waals surface area contributed by atoms with E-state index in [9.17, 15) is 9.59 Å². The lowest BCUT2D eigenvalue weighted by Gasteiger charge is -2.34. The second kappa shape index (κ2) is 7.50. The van der Waals surface area contributed by atoms with Crippen LogP contribution in [-0.4, -0.2) is 54.5 Å². The van der Waals surface area contributed by atoms with Gasteiger partial charge in [-0.2, -0.15) is 0 Å². The summed E-state index contributed by atoms with van der Waals surface area (Å²) in [6, 6.07) is 0.0315. The molecule has 0 spiro atoms. The van der Waals surface area contributed by atoms with Gasteiger partial charge in [0.2, 0.25) is 5.91 Å². The van der Waals surface area contributed by atoms with E-state index >= 15 is 0 Å². The smallest absolute Gasteiger partial charge is 0.317 e. The Bertz CT molecular complexity index is 332. The molecule has 0 unspecified atom stereocenters. The van der Waals surface area contributed by atoms with E-state index in [-0.39, 0.29) is 11.9 Å². The molecule has 1 aliphatic heterocycles. The van der Waals surface area contributed by atoms with Gasteiger partial charge in [-0.05, 0) is 12.3 Å². The lowest BCUT2D eigenvalue weighted by molar-refractivity contribution is -0.130. The van der Waals surface area contributed by atoms with Crippen LogP contribution in [0.3, 0.4) is 0 Å². The highest BCUT2D eigenvalue weighted by Gasteiger charge is 2.22. The maximum Gasteiger partial charge on any atom is 0.317 e. The zero-order chi connectivity index (χ0) is 14.4. The summed E-state index contributed by atoms with van der Waals surface area (Å²) in [6.45, 7) is 4.98. The molecule has 1 heterocycles. The zero-order valence-corrected chi connectivity index (χ0v) is 12.6. The minimum absolute atomic E-state index is 0.0315. The molecule has 2 aliphatic rings. The van der Waals surface area contributed by atoms with Crippen molar-refractivity contribution in [3.63, 3.8) is 0 Å². The van der Waals surface area contributed by atoms with Gasteiger partial charge in [-0.25, -0.2) is 4.79 Å². The van der Waals surface area contributed by atoms with Crippen LogP contribution in [0.2, 0.25) is 0 Å². The fourth-order valence-electron chi connectivity index (χ4n) is 3.20. The summed E-state index contributed by atoms with van der Waals surface area (Å²) in [5.41, 5.74) is 0. The van der Waals surface area contributed by atoms with Crippen molar-refractivity contribution in [3.05, 3.63) is 0 Å². The van der Waals surface area contributed by atoms with Crippen LogP contribution in [0, 0.1) is 5.92 Å². The second-order valence-electron chi connectivity index (χ2n) is 6.02. The minimum atomic E-state index is 0.0315. The second-order valence-corrected chi connectivity index (χ2v) is 6.02. The summed E-state index contributed by atoms with van der Waals surface area (Å²) in [4.78, 5) is 26.9. The number of piperazine rings is 1. The molecule has 0 radical (unpaired) electrons. The van der Waals surface area contributed by atoms with E-state index in [4.69, 9.17) is 0 Å². The zero-order valence-electron chi connectivity index (χ0n) is 12.6. The standard InChI is InChI=1S/C15H27N3O2/c1-13(19)17-9-11-18(12-10-17)15(20)16-8-7-14-5-3-2-4-6-14/h14H,2-12H2,1H3,(H,16,20). The molecule has 1 saturated carbocycles. The van der Waals surface area contributed by atoms with Crippen LogP contribution in [-0.2, 0) is 4.79 Å². The average Bonchev–Trinajstić information content (AvgIpc) is 2.48. The van der Waals surface area contributed by atoms with Crippen molar-refractivity contribution < 1.29 is 9.59 Å². The van der Waals surface area contributed by atoms with Crippen LogP contribution < -0.4 is 5.32 Å². The number of nitrogens with zero attached hydrogens (tertiary/aromatic N) is 2. The van der Waals surface area contributed by atoms with Gasteiger partial charge in [0.1, 0.15) is 0 Å². The molecule has 114 valence electrons. The summed E-state index contributed by atoms with van der Waals surface area (Å²) in [6.07, 6.45) is 7.85. The molecule has 2 rings (SSSR count). The van der Waals surface area contributed by atoms with Gasteiger partial charge in [0.25, 0.3) is 0 Å². The molecule has 5 nitrogen and oxygen atoms in total. The molecule has 0 aromatic carbocycles. The monoisotopic (exact) mass is 281 g/mol. The Balaban J connectivity index is 1.61. The first-order valence-electron chi connectivity index (χ1n) is 7.95. The number of carbonyl (C=O) groups excluding carboxylic acids is 2. The fourth-order valence-corrected chi connectivity index (χ4v) is 3.20. The average molecular weight is 281 g/mol. The number of hydrogen-bond donors (Lipinski definition) is 1. The summed E-state index contributed by atoms with van der Waals surface area (Å²) in [5, 5.41) is 3.03. The number of carbonyl (C=O) groups is 2. The molecule has 2 fully saturated rings. The quantitative estimate of drug-likeness (QED) is 0.858. The molecule has 0 aromatic heterocycles. The highest BCUT2D eigenvalue weighted by atomic mass is 16.2. The van der Waals surface area contributed by atoms with E-state index in [1.165, 1.54) is 32.1 Å². The first kappa shape index (κ1) is 15.1. The van der Waals surface area contributed by atoms with Crippen molar-refractivity contribution in [3.8, 4) is 0 Å². The van der Waals surface area contributed by atoms with Gasteiger partial charge in [-0.1, -0.05) is 32.1 Å². The first-order chi connectivity index (χ1) is 9.66. The molecule has 1 N–H and O–H groups in total. The van der Waals surface area contributed by atoms with Gasteiger partial charge in [0.15, 0.2) is 0 Å². The topological polar surface area (TPSA) is 52.7 Å². The maximum absolute atomic E-state index is 12.0. The predicted molar refractivity (Wildman–Crippen MR) is 78.4 cm³/mol. The molecular formula is C15H27N3O2. The highest BCUT2D eigenvalue weighted by Crippen LogP contribution is 2.25. The van der Waals surface area contributed by atoms with E-state index in [2.05, 4.69) is 5.32 Å². The Hall–Kier alpha value is -1.26. The summed E-state index contributed by atoms with van der Waals surface area (Å²) in [5.74, 6) is 0.904. The van der Waals surface area contributed by atoms with E-state index < -0.39 is 0 Å². The molecule has 1 aliphatic carbocycles. The third-order valence-corrected chi connectivity index (χ3v) is 4.57. The van der Waals surface area contributed by atoms with Crippen molar-refractivity contribution in [2.45, 2.75) is 45.4 Å². The molecule has 5 heteroatoms. The summed E-state index contributed by atoms with van der Waals surface area (Å²) < 4.78 is 0. The highest BCUT2D eigenvalue weighted by molar-refractivity contribution is 5.76. The SMILES string of the molecule is CC(=O)N1CCN(C(=O)NCCC2CCCCC2)CC1. The van der Waals surface area contributed by atoms with Crippen LogP contribution >= 0.6 is 0 Å². The summed E-state index contributed by atoms with van der Waals surface area (Å²) >= 11 is 0. The maximum atomic E-state index is 12.0. The van der Waals surface area contributed by atoms with Crippen LogP contribution in [0.15, 0.2) is 0 Å². The normalized spacial score (nSPS) is 20.9.